The topological polar surface area (TPSA) is 69.2 Å². The van der Waals surface area contributed by atoms with Crippen LogP contribution in [0.5, 0.6) is 0 Å². The van der Waals surface area contributed by atoms with Crippen molar-refractivity contribution in [3.63, 3.8) is 0 Å². The van der Waals surface area contributed by atoms with Crippen LogP contribution in [0.25, 0.3) is 0 Å². The minimum absolute atomic E-state index is 0. The Morgan fingerprint density at radius 1 is 0.571 bits per heavy atom. The van der Waals surface area contributed by atoms with E-state index in [0.717, 1.165) is 21.3 Å². The van der Waals surface area contributed by atoms with Gasteiger partial charge in [-0.2, -0.15) is 21.3 Å². The fourth-order valence-electron chi connectivity index (χ4n) is 0. The van der Waals surface area contributed by atoms with Crippen molar-refractivity contribution in [2.24, 2.45) is 0 Å². The first kappa shape index (κ1) is 24.3. The molecule has 0 aliphatic heterocycles. The van der Waals surface area contributed by atoms with Gasteiger partial charge in [-0.25, -0.2) is 0 Å². The minimum atomic E-state index is 0. The second-order valence-corrected chi connectivity index (χ2v) is 0. The third kappa shape index (κ3) is 150. The molecule has 52 valence electrons. The molecule has 0 aliphatic rings. The van der Waals surface area contributed by atoms with Gasteiger partial charge in [0.15, 0.2) is 0 Å². The van der Waals surface area contributed by atoms with Gasteiger partial charge in [0, 0.05) is 0 Å². The van der Waals surface area contributed by atoms with Crippen LogP contribution in [-0.2, 0) is 0 Å². The third-order valence-electron chi connectivity index (χ3n) is 0. The second-order valence-electron chi connectivity index (χ2n) is 0. The smallest absolute Gasteiger partial charge is 0.857 e. The molecule has 0 amide bonds. The minimum Gasteiger partial charge on any atom is -0.857 e. The molecule has 0 aromatic heterocycles. The van der Waals surface area contributed by atoms with Crippen LogP contribution in [0.2, 0.25) is 0 Å². The largest absolute Gasteiger partial charge is 3.00 e. The zero-order valence-electron chi connectivity index (χ0n) is 4.50. The summed E-state index contributed by atoms with van der Waals surface area (Å²) in [6.45, 7) is 0. The van der Waals surface area contributed by atoms with Gasteiger partial charge in [0.25, 0.3) is 0 Å². The Morgan fingerprint density at radius 2 is 0.571 bits per heavy atom. The van der Waals surface area contributed by atoms with Crippen LogP contribution in [0.1, 0.15) is 0 Å². The molecule has 7 heavy (non-hydrogen) atoms. The molecule has 0 spiro atoms. The maximum atomic E-state index is 8.25. The van der Waals surface area contributed by atoms with Crippen molar-refractivity contribution < 1.29 is 52.2 Å². The van der Waals surface area contributed by atoms with Crippen molar-refractivity contribution in [2.45, 2.75) is 0 Å². The van der Waals surface area contributed by atoms with Crippen molar-refractivity contribution in [1.82, 2.24) is 0 Å². The van der Waals surface area contributed by atoms with E-state index >= 15 is 0 Å². The zero-order valence-corrected chi connectivity index (χ0v) is 6.28. The molecule has 0 unspecified atom stereocenters. The Hall–Kier alpha value is 1.11. The standard InChI is InChI=1S/3CH3O.Tm/c3*1-2;/h3*1H3;/q3*-1;+3. The summed E-state index contributed by atoms with van der Waals surface area (Å²) < 4.78 is 0. The van der Waals surface area contributed by atoms with Crippen LogP contribution in [0, 0.1) is 36.9 Å². The molecular formula is C3H9O3Tm. The van der Waals surface area contributed by atoms with Crippen LogP contribution in [-0.4, -0.2) is 21.3 Å². The van der Waals surface area contributed by atoms with Crippen molar-refractivity contribution >= 4 is 0 Å². The van der Waals surface area contributed by atoms with Crippen molar-refractivity contribution in [2.75, 3.05) is 21.3 Å². The van der Waals surface area contributed by atoms with E-state index in [1.165, 1.54) is 0 Å². The van der Waals surface area contributed by atoms with Crippen molar-refractivity contribution in [3.05, 3.63) is 0 Å². The van der Waals surface area contributed by atoms with Crippen molar-refractivity contribution in [1.29, 1.82) is 0 Å². The summed E-state index contributed by atoms with van der Waals surface area (Å²) in [5, 5.41) is 24.8. The summed E-state index contributed by atoms with van der Waals surface area (Å²) in [6, 6.07) is 0. The van der Waals surface area contributed by atoms with Gasteiger partial charge in [0.2, 0.25) is 0 Å². The van der Waals surface area contributed by atoms with Crippen LogP contribution in [0.15, 0.2) is 0 Å². The summed E-state index contributed by atoms with van der Waals surface area (Å²) in [4.78, 5) is 0. The Balaban J connectivity index is -0.00000000900. The molecule has 0 atom stereocenters. The summed E-state index contributed by atoms with van der Waals surface area (Å²) >= 11 is 0. The van der Waals surface area contributed by atoms with E-state index in [4.69, 9.17) is 15.3 Å². The van der Waals surface area contributed by atoms with Gasteiger partial charge < -0.3 is 15.3 Å². The first-order chi connectivity index (χ1) is 3.00. The predicted molar refractivity (Wildman–Crippen MR) is 17.8 cm³/mol. The molecule has 0 aromatic rings. The number of hydrogen-bond donors (Lipinski definition) is 0. The Bertz CT molecular complexity index is 10.1. The SMILES string of the molecule is C[O-].C[O-].C[O-].[Tm+3]. The maximum Gasteiger partial charge on any atom is 3.00 e. The van der Waals surface area contributed by atoms with Gasteiger partial charge in [-0.3, -0.25) is 0 Å². The first-order valence-electron chi connectivity index (χ1n) is 1.22. The molecule has 0 fully saturated rings. The van der Waals surface area contributed by atoms with Crippen LogP contribution < -0.4 is 15.3 Å². The quantitative estimate of drug-likeness (QED) is 0.465. The van der Waals surface area contributed by atoms with Gasteiger partial charge in [-0.15, -0.1) is 0 Å². The van der Waals surface area contributed by atoms with Gasteiger partial charge in [-0.1, -0.05) is 0 Å². The summed E-state index contributed by atoms with van der Waals surface area (Å²) in [5.41, 5.74) is 0. The van der Waals surface area contributed by atoms with E-state index in [1.54, 1.807) is 0 Å². The monoisotopic (exact) mass is 262 g/mol. The summed E-state index contributed by atoms with van der Waals surface area (Å²) in [6.07, 6.45) is 0. The molecule has 0 N–H and O–H groups in total. The van der Waals surface area contributed by atoms with Gasteiger partial charge >= 0.3 is 36.9 Å². The molecule has 0 aliphatic carbocycles. The third-order valence-corrected chi connectivity index (χ3v) is 0. The van der Waals surface area contributed by atoms with Gasteiger partial charge in [-0.05, 0) is 0 Å². The van der Waals surface area contributed by atoms with Gasteiger partial charge in [0.05, 0.1) is 0 Å². The van der Waals surface area contributed by atoms with Crippen LogP contribution in [0.3, 0.4) is 0 Å². The predicted octanol–water partition coefficient (Wildman–Crippen LogP) is -3.07. The Labute approximate surface area is 73.2 Å². The van der Waals surface area contributed by atoms with Gasteiger partial charge in [0.1, 0.15) is 0 Å². The molecular weight excluding hydrogens is 253 g/mol. The first-order valence-corrected chi connectivity index (χ1v) is 1.22. The fraction of sp³-hybridized carbons (Fsp3) is 1.00. The molecule has 0 rings (SSSR count). The average Bonchev–Trinajstić information content (AvgIpc) is 1.81. The molecule has 0 aromatic carbocycles. The maximum absolute atomic E-state index is 8.25. The molecule has 3 nitrogen and oxygen atoms in total. The number of hydrogen-bond acceptors (Lipinski definition) is 3. The normalized spacial score (nSPS) is 2.57. The second kappa shape index (κ2) is 214. The van der Waals surface area contributed by atoms with E-state index in [0.29, 0.717) is 0 Å². The molecule has 4 heteroatoms. The average molecular weight is 262 g/mol. The fourth-order valence-corrected chi connectivity index (χ4v) is 0. The van der Waals surface area contributed by atoms with E-state index in [1.807, 2.05) is 0 Å². The Kier molecular flexibility index (Phi) is 743. The van der Waals surface area contributed by atoms with Crippen molar-refractivity contribution in [3.8, 4) is 0 Å². The van der Waals surface area contributed by atoms with E-state index in [-0.39, 0.29) is 36.9 Å². The zero-order chi connectivity index (χ0) is 6.00. The van der Waals surface area contributed by atoms with Crippen LogP contribution in [0.4, 0.5) is 0 Å². The van der Waals surface area contributed by atoms with E-state index in [9.17, 15) is 0 Å². The molecule has 0 heterocycles. The molecule has 0 radical (unpaired) electrons. The molecule has 0 saturated carbocycles. The van der Waals surface area contributed by atoms with Crippen LogP contribution >= 0.6 is 0 Å². The number of rotatable bonds is 0. The molecule has 0 bridgehead atoms. The van der Waals surface area contributed by atoms with E-state index < -0.39 is 0 Å². The Morgan fingerprint density at radius 3 is 0.571 bits per heavy atom. The summed E-state index contributed by atoms with van der Waals surface area (Å²) in [5.74, 6) is 0. The molecule has 0 saturated heterocycles. The summed E-state index contributed by atoms with van der Waals surface area (Å²) in [7, 11) is 2.25. The van der Waals surface area contributed by atoms with E-state index in [2.05, 4.69) is 0 Å².